The lowest BCUT2D eigenvalue weighted by Crippen LogP contribution is -2.20. The Morgan fingerprint density at radius 2 is 1.08 bits per heavy atom. The van der Waals surface area contributed by atoms with E-state index < -0.39 is 0 Å². The second kappa shape index (κ2) is 14.0. The second-order valence-corrected chi connectivity index (χ2v) is 16.4. The number of anilines is 2. The summed E-state index contributed by atoms with van der Waals surface area (Å²) in [5.41, 5.74) is 20.0. The molecule has 0 atom stereocenters. The van der Waals surface area contributed by atoms with Crippen molar-refractivity contribution in [3.63, 3.8) is 0 Å². The Hall–Kier alpha value is -7.16. The van der Waals surface area contributed by atoms with E-state index in [4.69, 9.17) is 0 Å². The van der Waals surface area contributed by atoms with Gasteiger partial charge in [-0.2, -0.15) is 0 Å². The third kappa shape index (κ3) is 5.78. The van der Waals surface area contributed by atoms with Gasteiger partial charge in [-0.3, -0.25) is 0 Å². The van der Waals surface area contributed by atoms with Crippen LogP contribution in [0, 0.1) is 0 Å². The fraction of sp³-hybridized carbons (Fsp3) is 0.0877. The van der Waals surface area contributed by atoms with Crippen molar-refractivity contribution in [2.75, 3.05) is 4.90 Å². The molecule has 1 aromatic heterocycles. The van der Waals surface area contributed by atoms with E-state index in [1.54, 1.807) is 0 Å². The van der Waals surface area contributed by atoms with Crippen LogP contribution in [-0.4, -0.2) is 4.57 Å². The fourth-order valence-electron chi connectivity index (χ4n) is 9.82. The number of nitrogens with zero attached hydrogens (tertiary/aromatic N) is 2. The molecule has 0 bridgehead atoms. The van der Waals surface area contributed by atoms with Gasteiger partial charge in [-0.05, 0) is 106 Å². The van der Waals surface area contributed by atoms with E-state index in [1.807, 2.05) is 0 Å². The van der Waals surface area contributed by atoms with Gasteiger partial charge >= 0.3 is 0 Å². The van der Waals surface area contributed by atoms with Crippen molar-refractivity contribution in [3.8, 4) is 39.1 Å². The van der Waals surface area contributed by atoms with E-state index in [1.165, 1.54) is 100 Å². The van der Waals surface area contributed by atoms with Gasteiger partial charge in [-0.25, -0.2) is 0 Å². The molecule has 59 heavy (non-hydrogen) atoms. The first-order valence-electron chi connectivity index (χ1n) is 20.8. The standard InChI is InChI=1S/C57H44N2/c1-57(2)50-25-16-28-55(59-52-26-14-12-23-46(52)47-24-13-15-27-53(47)59)56(50)48-35-34-45(38-51(48)57)58(44-32-29-41(30-33-44)39-17-6-3-7-18-39)54-36-31-43(40-19-8-4-9-20-40)37-49(54)42-21-10-5-11-22-42/h3-29,31-32,34-38H,30,33H2,1-2H3. The van der Waals surface area contributed by atoms with E-state index in [0.717, 1.165) is 12.8 Å². The molecule has 11 rings (SSSR count). The van der Waals surface area contributed by atoms with Gasteiger partial charge in [0.05, 0.1) is 22.4 Å². The van der Waals surface area contributed by atoms with Gasteiger partial charge in [0, 0.05) is 38.7 Å². The Morgan fingerprint density at radius 3 is 1.75 bits per heavy atom. The first-order valence-corrected chi connectivity index (χ1v) is 20.8. The van der Waals surface area contributed by atoms with Crippen molar-refractivity contribution in [2.45, 2.75) is 32.1 Å². The first kappa shape index (κ1) is 35.0. The summed E-state index contributed by atoms with van der Waals surface area (Å²) < 4.78 is 2.48. The topological polar surface area (TPSA) is 8.17 Å². The number of allylic oxidation sites excluding steroid dienone is 4. The third-order valence-electron chi connectivity index (χ3n) is 12.7. The van der Waals surface area contributed by atoms with Gasteiger partial charge in [-0.1, -0.05) is 172 Å². The Morgan fingerprint density at radius 1 is 0.458 bits per heavy atom. The van der Waals surface area contributed by atoms with Crippen molar-refractivity contribution in [1.29, 1.82) is 0 Å². The summed E-state index contributed by atoms with van der Waals surface area (Å²) in [4.78, 5) is 2.54. The van der Waals surface area contributed by atoms with Crippen molar-refractivity contribution >= 4 is 38.8 Å². The van der Waals surface area contributed by atoms with Crippen LogP contribution in [0.2, 0.25) is 0 Å². The predicted octanol–water partition coefficient (Wildman–Crippen LogP) is 15.3. The molecule has 0 saturated heterocycles. The maximum atomic E-state index is 2.54. The van der Waals surface area contributed by atoms with Gasteiger partial charge in [0.25, 0.3) is 0 Å². The van der Waals surface area contributed by atoms with Crippen LogP contribution in [0.4, 0.5) is 11.4 Å². The van der Waals surface area contributed by atoms with Gasteiger partial charge < -0.3 is 9.47 Å². The van der Waals surface area contributed by atoms with E-state index in [-0.39, 0.29) is 5.41 Å². The van der Waals surface area contributed by atoms with E-state index in [2.05, 4.69) is 230 Å². The number of hydrogen-bond donors (Lipinski definition) is 0. The zero-order valence-corrected chi connectivity index (χ0v) is 33.4. The maximum absolute atomic E-state index is 2.54. The number of para-hydroxylation sites is 2. The average molecular weight is 757 g/mol. The highest BCUT2D eigenvalue weighted by Crippen LogP contribution is 2.54. The molecule has 0 N–H and O–H groups in total. The molecule has 0 amide bonds. The summed E-state index contributed by atoms with van der Waals surface area (Å²) in [6.45, 7) is 4.81. The second-order valence-electron chi connectivity index (χ2n) is 16.4. The molecule has 0 saturated carbocycles. The molecule has 2 nitrogen and oxygen atoms in total. The first-order chi connectivity index (χ1) is 29.0. The van der Waals surface area contributed by atoms with Gasteiger partial charge in [-0.15, -0.1) is 0 Å². The Bertz CT molecular complexity index is 3060. The molecule has 0 radical (unpaired) electrons. The summed E-state index contributed by atoms with van der Waals surface area (Å²) in [7, 11) is 0. The van der Waals surface area contributed by atoms with Crippen LogP contribution in [0.15, 0.2) is 212 Å². The van der Waals surface area contributed by atoms with E-state index in [0.29, 0.717) is 0 Å². The fourth-order valence-corrected chi connectivity index (χ4v) is 9.82. The van der Waals surface area contributed by atoms with Crippen LogP contribution in [0.3, 0.4) is 0 Å². The van der Waals surface area contributed by atoms with Gasteiger partial charge in [0.15, 0.2) is 0 Å². The van der Waals surface area contributed by atoms with Crippen LogP contribution >= 0.6 is 0 Å². The highest BCUT2D eigenvalue weighted by molar-refractivity contribution is 6.10. The summed E-state index contributed by atoms with van der Waals surface area (Å²) in [6.07, 6.45) is 6.60. The number of fused-ring (bicyclic) bond motifs is 6. The summed E-state index contributed by atoms with van der Waals surface area (Å²) in [6, 6.07) is 71.3. The van der Waals surface area contributed by atoms with Crippen LogP contribution in [-0.2, 0) is 5.41 Å². The van der Waals surface area contributed by atoms with Gasteiger partial charge in [0.1, 0.15) is 0 Å². The SMILES string of the molecule is CC1(C)c2cc(N(C3=CC=C(c4ccccc4)CC3)c3ccc(-c4ccccc4)cc3-c3ccccc3)ccc2-c2c(-n3c4ccccc4c4ccccc43)cccc21. The van der Waals surface area contributed by atoms with Crippen molar-refractivity contribution in [2.24, 2.45) is 0 Å². The minimum absolute atomic E-state index is 0.220. The number of rotatable bonds is 7. The molecule has 2 heteroatoms. The van der Waals surface area contributed by atoms with Gasteiger partial charge in [0.2, 0.25) is 0 Å². The summed E-state index contributed by atoms with van der Waals surface area (Å²) in [5, 5.41) is 2.56. The molecule has 282 valence electrons. The molecule has 1 heterocycles. The lowest BCUT2D eigenvalue weighted by Gasteiger charge is -2.33. The molecular formula is C57H44N2. The largest absolute Gasteiger partial charge is 0.314 e. The Kier molecular flexibility index (Phi) is 8.34. The number of aromatic nitrogens is 1. The van der Waals surface area contributed by atoms with Crippen LogP contribution in [0.25, 0.3) is 66.4 Å². The molecule has 2 aliphatic rings. The summed E-state index contributed by atoms with van der Waals surface area (Å²) in [5.74, 6) is 0. The smallest absolute Gasteiger partial charge is 0.0543 e. The average Bonchev–Trinajstić information content (AvgIpc) is 3.76. The monoisotopic (exact) mass is 756 g/mol. The molecule has 2 aliphatic carbocycles. The van der Waals surface area contributed by atoms with Crippen LogP contribution in [0.5, 0.6) is 0 Å². The van der Waals surface area contributed by atoms with Crippen molar-refractivity contribution < 1.29 is 0 Å². The highest BCUT2D eigenvalue weighted by atomic mass is 15.2. The highest BCUT2D eigenvalue weighted by Gasteiger charge is 2.38. The zero-order valence-electron chi connectivity index (χ0n) is 33.4. The normalized spacial score (nSPS) is 14.1. The minimum Gasteiger partial charge on any atom is -0.314 e. The molecular weight excluding hydrogens is 713 g/mol. The number of benzene rings is 8. The third-order valence-corrected chi connectivity index (χ3v) is 12.7. The predicted molar refractivity (Wildman–Crippen MR) is 250 cm³/mol. The lowest BCUT2D eigenvalue weighted by molar-refractivity contribution is 0.660. The number of hydrogen-bond acceptors (Lipinski definition) is 1. The van der Waals surface area contributed by atoms with E-state index in [9.17, 15) is 0 Å². The van der Waals surface area contributed by atoms with Crippen LogP contribution < -0.4 is 4.90 Å². The zero-order chi connectivity index (χ0) is 39.5. The molecule has 0 aliphatic heterocycles. The lowest BCUT2D eigenvalue weighted by atomic mass is 9.82. The quantitative estimate of drug-likeness (QED) is 0.157. The maximum Gasteiger partial charge on any atom is 0.0543 e. The molecule has 9 aromatic rings. The Balaban J connectivity index is 1.12. The summed E-state index contributed by atoms with van der Waals surface area (Å²) >= 11 is 0. The molecule has 8 aromatic carbocycles. The van der Waals surface area contributed by atoms with Crippen LogP contribution in [0.1, 0.15) is 43.4 Å². The molecule has 0 spiro atoms. The Labute approximate surface area is 346 Å². The molecule has 0 unspecified atom stereocenters. The minimum atomic E-state index is -0.220. The van der Waals surface area contributed by atoms with E-state index >= 15 is 0 Å². The van der Waals surface area contributed by atoms with Crippen molar-refractivity contribution in [3.05, 3.63) is 229 Å². The molecule has 0 fully saturated rings. The van der Waals surface area contributed by atoms with Crippen molar-refractivity contribution in [1.82, 2.24) is 4.57 Å².